The molecule has 7 nitrogen and oxygen atoms in total. The molecule has 0 fully saturated rings. The highest BCUT2D eigenvalue weighted by atomic mass is 19.4. The lowest BCUT2D eigenvalue weighted by Crippen LogP contribution is -2.13. The zero-order valence-electron chi connectivity index (χ0n) is 16.2. The van der Waals surface area contributed by atoms with E-state index in [2.05, 4.69) is 20.6 Å². The van der Waals surface area contributed by atoms with Gasteiger partial charge in [-0.3, -0.25) is 14.5 Å². The summed E-state index contributed by atoms with van der Waals surface area (Å²) in [6, 6.07) is 10.8. The number of nitrogens with zero attached hydrogens (tertiary/aromatic N) is 4. The Bertz CT molecular complexity index is 1220. The van der Waals surface area contributed by atoms with Crippen LogP contribution in [0, 0.1) is 6.92 Å². The van der Waals surface area contributed by atoms with E-state index in [0.717, 1.165) is 6.07 Å². The summed E-state index contributed by atoms with van der Waals surface area (Å²) in [6.45, 7) is 1.50. The maximum Gasteiger partial charge on any atom is 0.416 e. The predicted octanol–water partition coefficient (Wildman–Crippen LogP) is 4.56. The molecular weight excluding hydrogens is 411 g/mol. The van der Waals surface area contributed by atoms with E-state index < -0.39 is 17.6 Å². The molecule has 0 aliphatic heterocycles. The molecule has 0 bridgehead atoms. The van der Waals surface area contributed by atoms with Crippen molar-refractivity contribution >= 4 is 11.6 Å². The first-order valence-electron chi connectivity index (χ1n) is 9.18. The topological polar surface area (TPSA) is 85.8 Å². The molecule has 4 aromatic rings. The molecule has 0 aliphatic carbocycles. The summed E-state index contributed by atoms with van der Waals surface area (Å²) in [5, 5.41) is 10.4. The molecule has 1 N–H and O–H groups in total. The third-order valence-electron chi connectivity index (χ3n) is 4.45. The van der Waals surface area contributed by atoms with Crippen LogP contribution in [-0.4, -0.2) is 25.8 Å². The zero-order chi connectivity index (χ0) is 22.0. The van der Waals surface area contributed by atoms with Gasteiger partial charge in [0.05, 0.1) is 24.0 Å². The maximum atomic E-state index is 13.3. The standard InChI is InChI=1S/C21H16F3N5O2/c1-13-5-6-14(16(8-13)21(22,23)24)11-29-12-15(10-26-29)27-20(30)18-9-19(31-28-18)17-4-2-3-7-25-17/h2-10,12H,11H2,1H3,(H,27,30). The van der Waals surface area contributed by atoms with Crippen molar-refractivity contribution in [1.29, 1.82) is 0 Å². The minimum absolute atomic E-state index is 0.0336. The molecule has 3 aromatic heterocycles. The smallest absolute Gasteiger partial charge is 0.354 e. The van der Waals surface area contributed by atoms with Gasteiger partial charge in [-0.1, -0.05) is 28.9 Å². The van der Waals surface area contributed by atoms with Gasteiger partial charge in [-0.15, -0.1) is 0 Å². The number of amides is 1. The van der Waals surface area contributed by atoms with Gasteiger partial charge in [-0.25, -0.2) is 0 Å². The molecule has 31 heavy (non-hydrogen) atoms. The van der Waals surface area contributed by atoms with Gasteiger partial charge >= 0.3 is 6.18 Å². The Balaban J connectivity index is 1.47. The van der Waals surface area contributed by atoms with Crippen molar-refractivity contribution in [1.82, 2.24) is 19.9 Å². The van der Waals surface area contributed by atoms with E-state index in [1.54, 1.807) is 37.4 Å². The monoisotopic (exact) mass is 427 g/mol. The average Bonchev–Trinajstić information content (AvgIpc) is 3.39. The van der Waals surface area contributed by atoms with Crippen molar-refractivity contribution in [2.24, 2.45) is 0 Å². The number of anilines is 1. The largest absolute Gasteiger partial charge is 0.416 e. The Kier molecular flexibility index (Phi) is 5.28. The van der Waals surface area contributed by atoms with Crippen molar-refractivity contribution in [3.63, 3.8) is 0 Å². The summed E-state index contributed by atoms with van der Waals surface area (Å²) in [7, 11) is 0. The minimum atomic E-state index is -4.47. The molecule has 0 saturated heterocycles. The van der Waals surface area contributed by atoms with Crippen LogP contribution in [0.25, 0.3) is 11.5 Å². The number of hydrogen-bond donors (Lipinski definition) is 1. The van der Waals surface area contributed by atoms with E-state index >= 15 is 0 Å². The molecule has 0 radical (unpaired) electrons. The molecular formula is C21H16F3N5O2. The van der Waals surface area contributed by atoms with E-state index in [-0.39, 0.29) is 17.8 Å². The number of rotatable bonds is 5. The molecule has 0 unspecified atom stereocenters. The van der Waals surface area contributed by atoms with E-state index in [1.165, 1.54) is 29.2 Å². The van der Waals surface area contributed by atoms with E-state index in [0.29, 0.717) is 22.7 Å². The van der Waals surface area contributed by atoms with Crippen molar-refractivity contribution in [2.75, 3.05) is 5.32 Å². The summed E-state index contributed by atoms with van der Waals surface area (Å²) < 4.78 is 46.4. The van der Waals surface area contributed by atoms with Crippen LogP contribution in [-0.2, 0) is 12.7 Å². The van der Waals surface area contributed by atoms with Gasteiger partial charge in [0.15, 0.2) is 11.5 Å². The molecule has 0 atom stereocenters. The molecule has 1 aromatic carbocycles. The number of carbonyl (C=O) groups is 1. The van der Waals surface area contributed by atoms with Gasteiger partial charge in [0, 0.05) is 18.5 Å². The highest BCUT2D eigenvalue weighted by Crippen LogP contribution is 2.33. The average molecular weight is 427 g/mol. The lowest BCUT2D eigenvalue weighted by Gasteiger charge is -2.13. The van der Waals surface area contributed by atoms with Crippen LogP contribution in [0.2, 0.25) is 0 Å². The highest BCUT2D eigenvalue weighted by Gasteiger charge is 2.33. The van der Waals surface area contributed by atoms with E-state index in [9.17, 15) is 18.0 Å². The Morgan fingerprint density at radius 2 is 2.03 bits per heavy atom. The molecule has 0 aliphatic rings. The summed E-state index contributed by atoms with van der Waals surface area (Å²) in [6.07, 6.45) is -0.0924. The molecule has 1 amide bonds. The van der Waals surface area contributed by atoms with Crippen LogP contribution in [0.1, 0.15) is 27.2 Å². The third-order valence-corrected chi connectivity index (χ3v) is 4.45. The lowest BCUT2D eigenvalue weighted by atomic mass is 10.0. The number of benzene rings is 1. The SMILES string of the molecule is Cc1ccc(Cn2cc(NC(=O)c3cc(-c4ccccn4)on3)cn2)c(C(F)(F)F)c1. The van der Waals surface area contributed by atoms with Crippen LogP contribution in [0.15, 0.2) is 65.6 Å². The van der Waals surface area contributed by atoms with Gasteiger partial charge in [-0.05, 0) is 30.7 Å². The molecule has 10 heteroatoms. The van der Waals surface area contributed by atoms with Crippen LogP contribution in [0.4, 0.5) is 18.9 Å². The maximum absolute atomic E-state index is 13.3. The quantitative estimate of drug-likeness (QED) is 0.505. The fourth-order valence-corrected chi connectivity index (χ4v) is 2.99. The number of pyridine rings is 1. The summed E-state index contributed by atoms with van der Waals surface area (Å²) in [5.74, 6) is -0.211. The van der Waals surface area contributed by atoms with Crippen molar-refractivity contribution < 1.29 is 22.5 Å². The van der Waals surface area contributed by atoms with Crippen molar-refractivity contribution in [2.45, 2.75) is 19.6 Å². The first-order chi connectivity index (χ1) is 14.8. The fourth-order valence-electron chi connectivity index (χ4n) is 2.99. The Hall–Kier alpha value is -3.95. The van der Waals surface area contributed by atoms with Gasteiger partial charge in [0.1, 0.15) is 5.69 Å². The first-order valence-corrected chi connectivity index (χ1v) is 9.18. The minimum Gasteiger partial charge on any atom is -0.354 e. The summed E-state index contributed by atoms with van der Waals surface area (Å²) >= 11 is 0. The van der Waals surface area contributed by atoms with E-state index in [1.807, 2.05) is 0 Å². The molecule has 4 rings (SSSR count). The Labute approximate surface area is 174 Å². The van der Waals surface area contributed by atoms with Crippen LogP contribution >= 0.6 is 0 Å². The fraction of sp³-hybridized carbons (Fsp3) is 0.143. The molecule has 0 spiro atoms. The number of hydrogen-bond acceptors (Lipinski definition) is 5. The predicted molar refractivity (Wildman–Crippen MR) is 105 cm³/mol. The van der Waals surface area contributed by atoms with Gasteiger partial charge in [0.2, 0.25) is 0 Å². The second-order valence-corrected chi connectivity index (χ2v) is 6.83. The van der Waals surface area contributed by atoms with Crippen molar-refractivity contribution in [3.8, 4) is 11.5 Å². The summed E-state index contributed by atoms with van der Waals surface area (Å²) in [4.78, 5) is 16.5. The van der Waals surface area contributed by atoms with E-state index in [4.69, 9.17) is 4.52 Å². The lowest BCUT2D eigenvalue weighted by molar-refractivity contribution is -0.138. The molecule has 0 saturated carbocycles. The third kappa shape index (κ3) is 4.63. The highest BCUT2D eigenvalue weighted by molar-refractivity contribution is 6.03. The molecule has 3 heterocycles. The number of halogens is 3. The first kappa shape index (κ1) is 20.3. The van der Waals surface area contributed by atoms with Gasteiger partial charge in [0.25, 0.3) is 5.91 Å². The number of carbonyl (C=O) groups excluding carboxylic acids is 1. The Morgan fingerprint density at radius 3 is 2.77 bits per heavy atom. The summed E-state index contributed by atoms with van der Waals surface area (Å²) in [5.41, 5.74) is 0.760. The zero-order valence-corrected chi connectivity index (χ0v) is 16.2. The van der Waals surface area contributed by atoms with Crippen LogP contribution in [0.5, 0.6) is 0 Å². The normalized spacial score (nSPS) is 11.5. The Morgan fingerprint density at radius 1 is 1.19 bits per heavy atom. The van der Waals surface area contributed by atoms with Crippen LogP contribution in [0.3, 0.4) is 0 Å². The van der Waals surface area contributed by atoms with Gasteiger partial charge < -0.3 is 9.84 Å². The van der Waals surface area contributed by atoms with Crippen LogP contribution < -0.4 is 5.32 Å². The second kappa shape index (κ2) is 8.05. The number of aryl methyl sites for hydroxylation is 1. The number of aromatic nitrogens is 4. The number of nitrogens with one attached hydrogen (secondary N) is 1. The second-order valence-electron chi connectivity index (χ2n) is 6.83. The van der Waals surface area contributed by atoms with Crippen molar-refractivity contribution in [3.05, 3.63) is 83.4 Å². The molecule has 158 valence electrons. The van der Waals surface area contributed by atoms with Gasteiger partial charge in [-0.2, -0.15) is 18.3 Å². The number of alkyl halides is 3.